The highest BCUT2D eigenvalue weighted by atomic mass is 15.2. The summed E-state index contributed by atoms with van der Waals surface area (Å²) in [4.78, 5) is 2.63. The predicted octanol–water partition coefficient (Wildman–Crippen LogP) is 1.95. The summed E-state index contributed by atoms with van der Waals surface area (Å²) in [5.74, 6) is 1.81. The molecule has 2 saturated heterocycles. The van der Waals surface area contributed by atoms with E-state index in [9.17, 15) is 0 Å². The van der Waals surface area contributed by atoms with E-state index >= 15 is 0 Å². The van der Waals surface area contributed by atoms with Crippen LogP contribution >= 0.6 is 0 Å². The van der Waals surface area contributed by atoms with E-state index in [1.54, 1.807) is 0 Å². The maximum Gasteiger partial charge on any atom is 0.0234 e. The van der Waals surface area contributed by atoms with Gasteiger partial charge in [0, 0.05) is 19.6 Å². The molecule has 2 heteroatoms. The number of rotatable bonds is 2. The van der Waals surface area contributed by atoms with Crippen molar-refractivity contribution in [1.29, 1.82) is 0 Å². The average Bonchev–Trinajstić information content (AvgIpc) is 2.75. The van der Waals surface area contributed by atoms with Crippen molar-refractivity contribution in [3.63, 3.8) is 0 Å². The molecule has 2 fully saturated rings. The van der Waals surface area contributed by atoms with E-state index < -0.39 is 0 Å². The van der Waals surface area contributed by atoms with Crippen LogP contribution in [0.3, 0.4) is 0 Å². The second-order valence-corrected chi connectivity index (χ2v) is 5.87. The lowest BCUT2D eigenvalue weighted by Crippen LogP contribution is -2.25. The third-order valence-electron chi connectivity index (χ3n) is 4.15. The quantitative estimate of drug-likeness (QED) is 0.835. The van der Waals surface area contributed by atoms with Crippen LogP contribution in [-0.2, 0) is 6.54 Å². The highest BCUT2D eigenvalue weighted by Gasteiger charge is 2.35. The Bertz CT molecular complexity index is 381. The smallest absolute Gasteiger partial charge is 0.0234 e. The first-order chi connectivity index (χ1) is 8.20. The lowest BCUT2D eigenvalue weighted by molar-refractivity contribution is 0.305. The molecule has 3 rings (SSSR count). The van der Waals surface area contributed by atoms with Crippen LogP contribution in [0.5, 0.6) is 0 Å². The molecule has 2 aliphatic rings. The van der Waals surface area contributed by atoms with Crippen molar-refractivity contribution in [2.45, 2.75) is 20.4 Å². The van der Waals surface area contributed by atoms with Crippen molar-refractivity contribution < 1.29 is 0 Å². The molecule has 92 valence electrons. The van der Waals surface area contributed by atoms with E-state index in [4.69, 9.17) is 0 Å². The summed E-state index contributed by atoms with van der Waals surface area (Å²) < 4.78 is 0. The van der Waals surface area contributed by atoms with Gasteiger partial charge in [0.05, 0.1) is 0 Å². The first-order valence-corrected chi connectivity index (χ1v) is 6.71. The number of likely N-dealkylation sites (tertiary alicyclic amines) is 1. The van der Waals surface area contributed by atoms with Crippen LogP contribution < -0.4 is 5.32 Å². The molecule has 2 heterocycles. The zero-order chi connectivity index (χ0) is 11.8. The first-order valence-electron chi connectivity index (χ1n) is 6.71. The lowest BCUT2D eigenvalue weighted by atomic mass is 10.0. The van der Waals surface area contributed by atoms with Crippen molar-refractivity contribution in [2.24, 2.45) is 11.8 Å². The summed E-state index contributed by atoms with van der Waals surface area (Å²) in [6.45, 7) is 10.5. The highest BCUT2D eigenvalue weighted by Crippen LogP contribution is 2.27. The number of nitrogens with one attached hydrogen (secondary N) is 1. The van der Waals surface area contributed by atoms with Crippen LogP contribution in [0.4, 0.5) is 0 Å². The minimum absolute atomic E-state index is 0.904. The Balaban J connectivity index is 1.67. The lowest BCUT2D eigenvalue weighted by Gasteiger charge is -2.17. The van der Waals surface area contributed by atoms with Gasteiger partial charge in [0.25, 0.3) is 0 Å². The fourth-order valence-electron chi connectivity index (χ4n) is 3.50. The molecule has 2 nitrogen and oxygen atoms in total. The Morgan fingerprint density at radius 2 is 1.65 bits per heavy atom. The standard InChI is InChI=1S/C15H22N2/c1-11-3-12(2)5-13(4-11)8-17-9-14-6-16-7-15(14)10-17/h3-5,14-16H,6-10H2,1-2H3. The van der Waals surface area contributed by atoms with Crippen LogP contribution in [0.1, 0.15) is 16.7 Å². The van der Waals surface area contributed by atoms with Gasteiger partial charge >= 0.3 is 0 Å². The van der Waals surface area contributed by atoms with E-state index in [1.165, 1.54) is 42.9 Å². The number of hydrogen-bond donors (Lipinski definition) is 1. The van der Waals surface area contributed by atoms with Crippen molar-refractivity contribution in [3.05, 3.63) is 34.9 Å². The van der Waals surface area contributed by atoms with E-state index in [-0.39, 0.29) is 0 Å². The molecule has 2 aliphatic heterocycles. The van der Waals surface area contributed by atoms with Gasteiger partial charge < -0.3 is 5.32 Å². The summed E-state index contributed by atoms with van der Waals surface area (Å²) in [5, 5.41) is 3.50. The molecule has 17 heavy (non-hydrogen) atoms. The van der Waals surface area contributed by atoms with Gasteiger partial charge in [-0.3, -0.25) is 4.90 Å². The van der Waals surface area contributed by atoms with E-state index in [0.29, 0.717) is 0 Å². The number of nitrogens with zero attached hydrogens (tertiary/aromatic N) is 1. The van der Waals surface area contributed by atoms with Gasteiger partial charge in [-0.25, -0.2) is 0 Å². The average molecular weight is 230 g/mol. The normalized spacial score (nSPS) is 28.6. The minimum Gasteiger partial charge on any atom is -0.316 e. The van der Waals surface area contributed by atoms with Gasteiger partial charge in [-0.1, -0.05) is 29.3 Å². The van der Waals surface area contributed by atoms with Crippen LogP contribution in [0.25, 0.3) is 0 Å². The molecule has 1 aromatic rings. The monoisotopic (exact) mass is 230 g/mol. The molecule has 2 atom stereocenters. The van der Waals surface area contributed by atoms with Crippen molar-refractivity contribution in [3.8, 4) is 0 Å². The third-order valence-corrected chi connectivity index (χ3v) is 4.15. The summed E-state index contributed by atoms with van der Waals surface area (Å²) >= 11 is 0. The molecule has 0 saturated carbocycles. The molecule has 1 N–H and O–H groups in total. The second-order valence-electron chi connectivity index (χ2n) is 5.87. The summed E-state index contributed by atoms with van der Waals surface area (Å²) in [5.41, 5.74) is 4.26. The molecular formula is C15H22N2. The molecule has 0 radical (unpaired) electrons. The minimum atomic E-state index is 0.904. The van der Waals surface area contributed by atoms with Gasteiger partial charge in [-0.15, -0.1) is 0 Å². The Morgan fingerprint density at radius 1 is 1.06 bits per heavy atom. The van der Waals surface area contributed by atoms with Crippen LogP contribution in [0.15, 0.2) is 18.2 Å². The summed E-state index contributed by atoms with van der Waals surface area (Å²) in [6, 6.07) is 6.92. The zero-order valence-corrected chi connectivity index (χ0v) is 10.9. The van der Waals surface area contributed by atoms with Gasteiger partial charge in [0.2, 0.25) is 0 Å². The first kappa shape index (κ1) is 11.2. The van der Waals surface area contributed by atoms with Crippen LogP contribution in [0.2, 0.25) is 0 Å². The Kier molecular flexibility index (Phi) is 2.93. The largest absolute Gasteiger partial charge is 0.316 e. The summed E-state index contributed by atoms with van der Waals surface area (Å²) in [6.07, 6.45) is 0. The van der Waals surface area contributed by atoms with Crippen molar-refractivity contribution >= 4 is 0 Å². The van der Waals surface area contributed by atoms with Gasteiger partial charge in [-0.2, -0.15) is 0 Å². The van der Waals surface area contributed by atoms with Gasteiger partial charge in [0.1, 0.15) is 0 Å². The fraction of sp³-hybridized carbons (Fsp3) is 0.600. The number of benzene rings is 1. The number of aryl methyl sites for hydroxylation is 2. The maximum atomic E-state index is 3.50. The third kappa shape index (κ3) is 2.38. The second kappa shape index (κ2) is 4.43. The molecule has 2 unspecified atom stereocenters. The Morgan fingerprint density at radius 3 is 2.24 bits per heavy atom. The molecule has 0 aliphatic carbocycles. The maximum absolute atomic E-state index is 3.50. The van der Waals surface area contributed by atoms with E-state index in [0.717, 1.165) is 18.4 Å². The molecule has 1 aromatic carbocycles. The number of fused-ring (bicyclic) bond motifs is 1. The van der Waals surface area contributed by atoms with Gasteiger partial charge in [-0.05, 0) is 44.3 Å². The zero-order valence-electron chi connectivity index (χ0n) is 10.9. The Labute approximate surface area is 104 Å². The molecule has 0 bridgehead atoms. The van der Waals surface area contributed by atoms with Crippen LogP contribution in [-0.4, -0.2) is 31.1 Å². The molecule has 0 amide bonds. The molecule has 0 spiro atoms. The fourth-order valence-corrected chi connectivity index (χ4v) is 3.50. The predicted molar refractivity (Wildman–Crippen MR) is 71.0 cm³/mol. The highest BCUT2D eigenvalue weighted by molar-refractivity contribution is 5.28. The summed E-state index contributed by atoms with van der Waals surface area (Å²) in [7, 11) is 0. The van der Waals surface area contributed by atoms with Crippen molar-refractivity contribution in [1.82, 2.24) is 10.2 Å². The van der Waals surface area contributed by atoms with E-state index in [2.05, 4.69) is 42.3 Å². The van der Waals surface area contributed by atoms with Crippen molar-refractivity contribution in [2.75, 3.05) is 26.2 Å². The van der Waals surface area contributed by atoms with Gasteiger partial charge in [0.15, 0.2) is 0 Å². The number of hydrogen-bond acceptors (Lipinski definition) is 2. The molecule has 0 aromatic heterocycles. The topological polar surface area (TPSA) is 15.3 Å². The van der Waals surface area contributed by atoms with Crippen LogP contribution in [0, 0.1) is 25.7 Å². The Hall–Kier alpha value is -0.860. The van der Waals surface area contributed by atoms with E-state index in [1.807, 2.05) is 0 Å². The molecular weight excluding hydrogens is 208 g/mol. The SMILES string of the molecule is Cc1cc(C)cc(CN2CC3CNCC3C2)c1.